The summed E-state index contributed by atoms with van der Waals surface area (Å²) in [6.07, 6.45) is -0.959. The number of nitrogens with one attached hydrogen (secondary N) is 1. The molecule has 25 heavy (non-hydrogen) atoms. The van der Waals surface area contributed by atoms with E-state index in [9.17, 15) is 14.7 Å². The summed E-state index contributed by atoms with van der Waals surface area (Å²) in [5, 5.41) is 21.9. The summed E-state index contributed by atoms with van der Waals surface area (Å²) in [6, 6.07) is 16.8. The monoisotopic (exact) mass is 335 g/mol. The number of nitriles is 1. The standard InChI is InChI=1S/C19H17N3O3/c1-19(15-9-7-13(11-20)8-10-15)17(24)22(18(25)21-19)12-16(23)14-5-3-2-4-6-14/h2-10,16,23H,12H2,1H3,(H,21,25)/t16-,19-/m1/s1. The number of rotatable bonds is 4. The minimum absolute atomic E-state index is 0.124. The van der Waals surface area contributed by atoms with E-state index in [4.69, 9.17) is 5.26 Å². The number of urea groups is 1. The lowest BCUT2D eigenvalue weighted by molar-refractivity contribution is -0.132. The maximum Gasteiger partial charge on any atom is 0.325 e. The maximum atomic E-state index is 12.8. The van der Waals surface area contributed by atoms with Crippen LogP contribution < -0.4 is 5.32 Å². The van der Waals surface area contributed by atoms with Crippen molar-refractivity contribution in [2.75, 3.05) is 6.54 Å². The summed E-state index contributed by atoms with van der Waals surface area (Å²) in [4.78, 5) is 26.1. The van der Waals surface area contributed by atoms with Gasteiger partial charge in [-0.2, -0.15) is 5.26 Å². The Hall–Kier alpha value is -3.17. The first-order chi connectivity index (χ1) is 12.0. The second-order valence-corrected chi connectivity index (χ2v) is 6.09. The molecular formula is C19H17N3O3. The number of amides is 3. The van der Waals surface area contributed by atoms with Crippen LogP contribution in [0.5, 0.6) is 0 Å². The van der Waals surface area contributed by atoms with Gasteiger partial charge < -0.3 is 10.4 Å². The van der Waals surface area contributed by atoms with Crippen molar-refractivity contribution in [2.45, 2.75) is 18.6 Å². The van der Waals surface area contributed by atoms with Gasteiger partial charge in [-0.05, 0) is 30.2 Å². The highest BCUT2D eigenvalue weighted by Gasteiger charge is 2.49. The smallest absolute Gasteiger partial charge is 0.325 e. The second kappa shape index (κ2) is 6.38. The molecule has 1 saturated heterocycles. The number of aliphatic hydroxyl groups excluding tert-OH is 1. The highest BCUT2D eigenvalue weighted by Crippen LogP contribution is 2.30. The van der Waals surface area contributed by atoms with Gasteiger partial charge in [0, 0.05) is 0 Å². The largest absolute Gasteiger partial charge is 0.387 e. The van der Waals surface area contributed by atoms with Crippen molar-refractivity contribution < 1.29 is 14.7 Å². The summed E-state index contributed by atoms with van der Waals surface area (Å²) in [7, 11) is 0. The van der Waals surface area contributed by atoms with Crippen molar-refractivity contribution in [3.63, 3.8) is 0 Å². The molecule has 1 aliphatic heterocycles. The van der Waals surface area contributed by atoms with Gasteiger partial charge in [-0.3, -0.25) is 9.69 Å². The Balaban J connectivity index is 1.83. The van der Waals surface area contributed by atoms with Gasteiger partial charge in [0.25, 0.3) is 5.91 Å². The van der Waals surface area contributed by atoms with Crippen LogP contribution in [-0.4, -0.2) is 28.5 Å². The van der Waals surface area contributed by atoms with Crippen LogP contribution in [0.25, 0.3) is 0 Å². The zero-order valence-corrected chi connectivity index (χ0v) is 13.6. The molecule has 1 aliphatic rings. The van der Waals surface area contributed by atoms with Crippen LogP contribution in [-0.2, 0) is 10.3 Å². The number of imide groups is 1. The van der Waals surface area contributed by atoms with E-state index in [1.54, 1.807) is 55.5 Å². The summed E-state index contributed by atoms with van der Waals surface area (Å²) in [5.74, 6) is -0.433. The third-order valence-electron chi connectivity index (χ3n) is 4.41. The van der Waals surface area contributed by atoms with Crippen molar-refractivity contribution in [3.05, 3.63) is 71.3 Å². The molecule has 3 amide bonds. The quantitative estimate of drug-likeness (QED) is 0.836. The molecule has 2 aromatic rings. The van der Waals surface area contributed by atoms with Crippen molar-refractivity contribution in [1.82, 2.24) is 10.2 Å². The molecule has 2 atom stereocenters. The van der Waals surface area contributed by atoms with E-state index >= 15 is 0 Å². The van der Waals surface area contributed by atoms with Gasteiger partial charge in [0.05, 0.1) is 24.3 Å². The van der Waals surface area contributed by atoms with Crippen LogP contribution in [0.15, 0.2) is 54.6 Å². The van der Waals surface area contributed by atoms with Gasteiger partial charge >= 0.3 is 6.03 Å². The third kappa shape index (κ3) is 2.97. The van der Waals surface area contributed by atoms with Gasteiger partial charge in [-0.25, -0.2) is 4.79 Å². The topological polar surface area (TPSA) is 93.4 Å². The summed E-state index contributed by atoms with van der Waals surface area (Å²) < 4.78 is 0. The molecule has 0 spiro atoms. The van der Waals surface area contributed by atoms with Gasteiger partial charge in [-0.1, -0.05) is 42.5 Å². The molecule has 6 nitrogen and oxygen atoms in total. The third-order valence-corrected chi connectivity index (χ3v) is 4.41. The zero-order chi connectivity index (χ0) is 18.0. The van der Waals surface area contributed by atoms with E-state index < -0.39 is 23.6 Å². The van der Waals surface area contributed by atoms with E-state index in [1.807, 2.05) is 12.1 Å². The molecule has 6 heteroatoms. The Labute approximate surface area is 145 Å². The van der Waals surface area contributed by atoms with E-state index in [0.717, 1.165) is 4.90 Å². The van der Waals surface area contributed by atoms with Gasteiger partial charge in [0.1, 0.15) is 5.54 Å². The van der Waals surface area contributed by atoms with Gasteiger partial charge in [0.2, 0.25) is 0 Å². The molecule has 0 aliphatic carbocycles. The summed E-state index contributed by atoms with van der Waals surface area (Å²) in [5.41, 5.74) is 0.471. The molecule has 0 aromatic heterocycles. The minimum atomic E-state index is -1.22. The van der Waals surface area contributed by atoms with E-state index in [-0.39, 0.29) is 6.54 Å². The lowest BCUT2D eigenvalue weighted by atomic mass is 9.91. The molecule has 2 aromatic carbocycles. The van der Waals surface area contributed by atoms with Crippen molar-refractivity contribution in [1.29, 1.82) is 5.26 Å². The first kappa shape index (κ1) is 16.7. The molecular weight excluding hydrogens is 318 g/mol. The fourth-order valence-electron chi connectivity index (χ4n) is 2.89. The molecule has 0 saturated carbocycles. The second-order valence-electron chi connectivity index (χ2n) is 6.09. The van der Waals surface area contributed by atoms with Gasteiger partial charge in [0.15, 0.2) is 0 Å². The van der Waals surface area contributed by atoms with Crippen LogP contribution in [0.1, 0.15) is 29.7 Å². The first-order valence-corrected chi connectivity index (χ1v) is 7.83. The van der Waals surface area contributed by atoms with Crippen LogP contribution in [0, 0.1) is 11.3 Å². The van der Waals surface area contributed by atoms with Crippen molar-refractivity contribution in [3.8, 4) is 6.07 Å². The van der Waals surface area contributed by atoms with Gasteiger partial charge in [-0.15, -0.1) is 0 Å². The van der Waals surface area contributed by atoms with Crippen molar-refractivity contribution >= 4 is 11.9 Å². The Bertz CT molecular complexity index is 842. The van der Waals surface area contributed by atoms with E-state index in [2.05, 4.69) is 5.32 Å². The predicted molar refractivity (Wildman–Crippen MR) is 90.2 cm³/mol. The number of carbonyl (C=O) groups is 2. The zero-order valence-electron chi connectivity index (χ0n) is 13.6. The molecule has 126 valence electrons. The van der Waals surface area contributed by atoms with Crippen LogP contribution in [0.4, 0.5) is 4.79 Å². The first-order valence-electron chi connectivity index (χ1n) is 7.83. The van der Waals surface area contributed by atoms with Crippen LogP contribution in [0.2, 0.25) is 0 Å². The Kier molecular flexibility index (Phi) is 4.26. The molecule has 2 N–H and O–H groups in total. The van der Waals surface area contributed by atoms with Crippen molar-refractivity contribution in [2.24, 2.45) is 0 Å². The molecule has 3 rings (SSSR count). The SMILES string of the molecule is C[C@]1(c2ccc(C#N)cc2)NC(=O)N(C[C@@H](O)c2ccccc2)C1=O. The number of carbonyl (C=O) groups excluding carboxylic acids is 2. The lowest BCUT2D eigenvalue weighted by Crippen LogP contribution is -2.41. The number of nitrogens with zero attached hydrogens (tertiary/aromatic N) is 2. The molecule has 1 heterocycles. The Morgan fingerprint density at radius 2 is 1.80 bits per heavy atom. The number of benzene rings is 2. The predicted octanol–water partition coefficient (Wildman–Crippen LogP) is 2.06. The van der Waals surface area contributed by atoms with Crippen LogP contribution in [0.3, 0.4) is 0 Å². The van der Waals surface area contributed by atoms with E-state index in [1.165, 1.54) is 0 Å². The fraction of sp³-hybridized carbons (Fsp3) is 0.211. The number of β-amino-alcohol motifs (C(OH)–C–C–N with tert-alkyl or cyclic N) is 1. The maximum absolute atomic E-state index is 12.8. The molecule has 0 bridgehead atoms. The normalized spacial score (nSPS) is 20.9. The number of aliphatic hydroxyl groups is 1. The Morgan fingerprint density at radius 1 is 1.16 bits per heavy atom. The number of hydrogen-bond acceptors (Lipinski definition) is 4. The number of hydrogen-bond donors (Lipinski definition) is 2. The lowest BCUT2D eigenvalue weighted by Gasteiger charge is -2.23. The molecule has 0 unspecified atom stereocenters. The Morgan fingerprint density at radius 3 is 2.40 bits per heavy atom. The van der Waals surface area contributed by atoms with E-state index in [0.29, 0.717) is 16.7 Å². The average molecular weight is 335 g/mol. The summed E-state index contributed by atoms with van der Waals surface area (Å²) in [6.45, 7) is 1.49. The summed E-state index contributed by atoms with van der Waals surface area (Å²) >= 11 is 0. The fourth-order valence-corrected chi connectivity index (χ4v) is 2.89. The molecule has 0 radical (unpaired) electrons. The molecule has 1 fully saturated rings. The highest BCUT2D eigenvalue weighted by molar-refractivity contribution is 6.07. The van der Waals surface area contributed by atoms with Crippen LogP contribution >= 0.6 is 0 Å². The highest BCUT2D eigenvalue weighted by atomic mass is 16.3. The average Bonchev–Trinajstić information content (AvgIpc) is 2.86. The minimum Gasteiger partial charge on any atom is -0.387 e.